The van der Waals surface area contributed by atoms with Gasteiger partial charge in [0, 0.05) is 43.0 Å². The van der Waals surface area contributed by atoms with Crippen molar-refractivity contribution < 1.29 is 14.4 Å². The molecule has 0 unspecified atom stereocenters. The SMILES string of the molecule is [CH2][CH]N([CH][CH2])c1ccc(/N=N/c2cc(OCC)c(/N=N/c3ccc([N+](=O)[O-])cc3)cc2OCC)c(C)c1. The fourth-order valence-corrected chi connectivity index (χ4v) is 3.30. The van der Waals surface area contributed by atoms with E-state index in [-0.39, 0.29) is 5.69 Å². The highest BCUT2D eigenvalue weighted by Crippen LogP contribution is 2.41. The Hall–Kier alpha value is -4.34. The van der Waals surface area contributed by atoms with E-state index in [1.165, 1.54) is 24.3 Å². The number of nitro groups is 1. The number of aryl methyl sites for hydroxylation is 1. The Balaban J connectivity index is 1.93. The van der Waals surface area contributed by atoms with Crippen molar-refractivity contribution in [1.82, 2.24) is 0 Å². The summed E-state index contributed by atoms with van der Waals surface area (Å²) in [5.41, 5.74) is 3.87. The smallest absolute Gasteiger partial charge is 0.269 e. The number of rotatable bonds is 12. The molecule has 0 atom stereocenters. The van der Waals surface area contributed by atoms with Crippen LogP contribution in [-0.4, -0.2) is 18.1 Å². The summed E-state index contributed by atoms with van der Waals surface area (Å²) in [6.07, 6.45) is 0. The van der Waals surface area contributed by atoms with Crippen LogP contribution in [0.2, 0.25) is 0 Å². The molecule has 0 saturated heterocycles. The molecule has 3 aromatic carbocycles. The number of azo groups is 2. The highest BCUT2D eigenvalue weighted by Gasteiger charge is 2.13. The average molecular weight is 501 g/mol. The quantitative estimate of drug-likeness (QED) is 0.141. The fourth-order valence-electron chi connectivity index (χ4n) is 3.30. The zero-order valence-corrected chi connectivity index (χ0v) is 21.0. The number of benzene rings is 3. The van der Waals surface area contributed by atoms with E-state index in [2.05, 4.69) is 34.3 Å². The van der Waals surface area contributed by atoms with Crippen LogP contribution in [0.15, 0.2) is 75.1 Å². The minimum Gasteiger partial charge on any atom is -0.491 e. The van der Waals surface area contributed by atoms with Gasteiger partial charge < -0.3 is 14.4 Å². The molecule has 4 radical (unpaired) electrons. The summed E-state index contributed by atoms with van der Waals surface area (Å²) in [4.78, 5) is 12.2. The molecule has 0 N–H and O–H groups in total. The zero-order valence-electron chi connectivity index (χ0n) is 21.0. The molecule has 3 rings (SSSR count). The molecule has 0 amide bonds. The minimum absolute atomic E-state index is 0.0223. The van der Waals surface area contributed by atoms with Crippen LogP contribution in [0.5, 0.6) is 11.5 Å². The van der Waals surface area contributed by atoms with Gasteiger partial charge in [-0.15, -0.1) is 10.2 Å². The van der Waals surface area contributed by atoms with Crippen molar-refractivity contribution in [3.63, 3.8) is 0 Å². The third-order valence-corrected chi connectivity index (χ3v) is 5.11. The van der Waals surface area contributed by atoms with Crippen LogP contribution < -0.4 is 14.4 Å². The number of ether oxygens (including phenoxy) is 2. The molecular weight excluding hydrogens is 472 g/mol. The predicted molar refractivity (Wildman–Crippen MR) is 143 cm³/mol. The van der Waals surface area contributed by atoms with Gasteiger partial charge in [-0.1, -0.05) is 0 Å². The van der Waals surface area contributed by atoms with Crippen LogP contribution in [0.25, 0.3) is 0 Å². The van der Waals surface area contributed by atoms with Crippen molar-refractivity contribution in [3.05, 3.63) is 97.2 Å². The molecule has 0 aliphatic carbocycles. The first-order valence-corrected chi connectivity index (χ1v) is 11.6. The van der Waals surface area contributed by atoms with Crippen LogP contribution in [-0.2, 0) is 0 Å². The monoisotopic (exact) mass is 500 g/mol. The van der Waals surface area contributed by atoms with Gasteiger partial charge in [-0.25, -0.2) is 0 Å². The Morgan fingerprint density at radius 2 is 1.38 bits per heavy atom. The van der Waals surface area contributed by atoms with E-state index in [1.807, 2.05) is 39.0 Å². The van der Waals surface area contributed by atoms with Gasteiger partial charge >= 0.3 is 0 Å². The lowest BCUT2D eigenvalue weighted by Crippen LogP contribution is -2.13. The van der Waals surface area contributed by atoms with Crippen LogP contribution in [0, 0.1) is 44.0 Å². The second kappa shape index (κ2) is 13.1. The molecule has 0 aliphatic heterocycles. The summed E-state index contributed by atoms with van der Waals surface area (Å²) in [6.45, 7) is 17.4. The van der Waals surface area contributed by atoms with E-state index < -0.39 is 4.92 Å². The number of anilines is 1. The van der Waals surface area contributed by atoms with Gasteiger partial charge in [-0.3, -0.25) is 10.1 Å². The van der Waals surface area contributed by atoms with Gasteiger partial charge in [0.05, 0.1) is 29.5 Å². The molecule has 0 heterocycles. The van der Waals surface area contributed by atoms with Gasteiger partial charge in [0.25, 0.3) is 5.69 Å². The number of hydrogen-bond acceptors (Lipinski definition) is 9. The Labute approximate surface area is 216 Å². The van der Waals surface area contributed by atoms with Crippen molar-refractivity contribution in [2.24, 2.45) is 20.5 Å². The first-order chi connectivity index (χ1) is 17.9. The van der Waals surface area contributed by atoms with Crippen molar-refractivity contribution in [2.45, 2.75) is 20.8 Å². The Morgan fingerprint density at radius 1 is 0.838 bits per heavy atom. The number of hydrogen-bond donors (Lipinski definition) is 0. The molecule has 10 heteroatoms. The first kappa shape index (κ1) is 27.3. The van der Waals surface area contributed by atoms with E-state index in [4.69, 9.17) is 9.47 Å². The summed E-state index contributed by atoms with van der Waals surface area (Å²) in [7, 11) is 0. The normalized spacial score (nSPS) is 11.3. The van der Waals surface area contributed by atoms with Gasteiger partial charge in [0.15, 0.2) is 0 Å². The highest BCUT2D eigenvalue weighted by molar-refractivity contribution is 5.67. The lowest BCUT2D eigenvalue weighted by atomic mass is 10.1. The average Bonchev–Trinajstić information content (AvgIpc) is 2.89. The van der Waals surface area contributed by atoms with Gasteiger partial charge in [-0.2, -0.15) is 10.2 Å². The standard InChI is InChI=1S/C27H28N6O4/c1-6-32(7-2)22-14-15-23(19(5)16-22)29-31-25-18-26(36-8-3)24(17-27(25)37-9-4)30-28-20-10-12-21(13-11-20)33(34)35/h6-7,10-18H,1-2,8-9H2,3-5H3/b30-28+,31-29+. The maximum absolute atomic E-state index is 10.9. The van der Waals surface area contributed by atoms with Crippen molar-refractivity contribution in [1.29, 1.82) is 0 Å². The van der Waals surface area contributed by atoms with E-state index >= 15 is 0 Å². The van der Waals surface area contributed by atoms with Crippen LogP contribution in [0.4, 0.5) is 34.1 Å². The van der Waals surface area contributed by atoms with Crippen molar-refractivity contribution in [2.75, 3.05) is 18.1 Å². The summed E-state index contributed by atoms with van der Waals surface area (Å²) in [6, 6.07) is 14.9. The summed E-state index contributed by atoms with van der Waals surface area (Å²) in [5.74, 6) is 0.913. The number of nitro benzene ring substituents is 1. The Morgan fingerprint density at radius 3 is 1.86 bits per heavy atom. The minimum atomic E-state index is -0.469. The third-order valence-electron chi connectivity index (χ3n) is 5.11. The van der Waals surface area contributed by atoms with E-state index in [0.29, 0.717) is 47.5 Å². The van der Waals surface area contributed by atoms with E-state index in [9.17, 15) is 10.1 Å². The maximum Gasteiger partial charge on any atom is 0.269 e. The molecule has 190 valence electrons. The third kappa shape index (κ3) is 7.09. The zero-order chi connectivity index (χ0) is 26.8. The highest BCUT2D eigenvalue weighted by atomic mass is 16.6. The lowest BCUT2D eigenvalue weighted by Gasteiger charge is -2.20. The van der Waals surface area contributed by atoms with Crippen LogP contribution >= 0.6 is 0 Å². The van der Waals surface area contributed by atoms with Crippen molar-refractivity contribution >= 4 is 34.1 Å². The summed E-state index contributed by atoms with van der Waals surface area (Å²) >= 11 is 0. The van der Waals surface area contributed by atoms with E-state index in [1.54, 1.807) is 30.1 Å². The largest absolute Gasteiger partial charge is 0.491 e. The van der Waals surface area contributed by atoms with Crippen molar-refractivity contribution in [3.8, 4) is 11.5 Å². The second-order valence-corrected chi connectivity index (χ2v) is 7.57. The molecule has 0 spiro atoms. The Bertz CT molecular complexity index is 1270. The lowest BCUT2D eigenvalue weighted by molar-refractivity contribution is -0.384. The summed E-state index contributed by atoms with van der Waals surface area (Å²) < 4.78 is 11.6. The molecule has 37 heavy (non-hydrogen) atoms. The number of nitrogens with zero attached hydrogens (tertiary/aromatic N) is 6. The molecule has 0 saturated carbocycles. The topological polar surface area (TPSA) is 114 Å². The van der Waals surface area contributed by atoms with Gasteiger partial charge in [0.2, 0.25) is 0 Å². The molecular formula is C27H28N6O4. The molecule has 0 aliphatic rings. The number of non-ortho nitro benzene ring substituents is 1. The van der Waals surface area contributed by atoms with E-state index in [0.717, 1.165) is 11.3 Å². The molecule has 0 bridgehead atoms. The molecule has 10 nitrogen and oxygen atoms in total. The fraction of sp³-hybridized carbons (Fsp3) is 0.185. The first-order valence-electron chi connectivity index (χ1n) is 11.6. The van der Waals surface area contributed by atoms with Crippen LogP contribution in [0.1, 0.15) is 19.4 Å². The van der Waals surface area contributed by atoms with Gasteiger partial charge in [-0.05, 0) is 70.5 Å². The van der Waals surface area contributed by atoms with Crippen LogP contribution in [0.3, 0.4) is 0 Å². The second-order valence-electron chi connectivity index (χ2n) is 7.57. The molecule has 3 aromatic rings. The molecule has 0 aromatic heterocycles. The Kier molecular flexibility index (Phi) is 9.65. The van der Waals surface area contributed by atoms with Gasteiger partial charge in [0.1, 0.15) is 22.9 Å². The predicted octanol–water partition coefficient (Wildman–Crippen LogP) is 8.33. The molecule has 0 fully saturated rings. The maximum atomic E-state index is 10.9. The summed E-state index contributed by atoms with van der Waals surface area (Å²) in [5, 5.41) is 28.2.